The summed E-state index contributed by atoms with van der Waals surface area (Å²) >= 11 is 6.24. The molecule has 174 valence electrons. The molecule has 1 N–H and O–H groups in total. The van der Waals surface area contributed by atoms with Crippen molar-refractivity contribution >= 4 is 28.2 Å². The van der Waals surface area contributed by atoms with E-state index in [1.165, 1.54) is 0 Å². The Kier molecular flexibility index (Phi) is 4.53. The standard InChI is InChI=1S/C26H19ClN4O4/c1-3-28-24-22(31(33)34)26(19-12-5-8-15-7-4-11-18(20(15)19)23(26)32)21-14(2)29-30(25(21)35-24)17-10-6-9-16(27)13-17/h4-13,28H,3H2,1-2H3. The van der Waals surface area contributed by atoms with Crippen molar-refractivity contribution in [2.75, 3.05) is 6.54 Å². The van der Waals surface area contributed by atoms with Gasteiger partial charge in [-0.05, 0) is 48.4 Å². The number of allylic oxidation sites excluding steroid dienone is 1. The summed E-state index contributed by atoms with van der Waals surface area (Å²) in [6, 6.07) is 18.0. The maximum Gasteiger partial charge on any atom is 0.328 e. The smallest absolute Gasteiger partial charge is 0.328 e. The number of aromatic nitrogens is 2. The van der Waals surface area contributed by atoms with Gasteiger partial charge in [0.15, 0.2) is 11.2 Å². The van der Waals surface area contributed by atoms with Crippen molar-refractivity contribution in [2.24, 2.45) is 0 Å². The maximum atomic E-state index is 14.4. The average molecular weight is 487 g/mol. The van der Waals surface area contributed by atoms with Crippen LogP contribution >= 0.6 is 11.6 Å². The zero-order valence-electron chi connectivity index (χ0n) is 18.8. The maximum absolute atomic E-state index is 14.4. The van der Waals surface area contributed by atoms with Crippen molar-refractivity contribution in [3.05, 3.63) is 110 Å². The van der Waals surface area contributed by atoms with Gasteiger partial charge in [0, 0.05) is 17.1 Å². The Morgan fingerprint density at radius 2 is 1.91 bits per heavy atom. The number of nitrogens with zero attached hydrogens (tertiary/aromatic N) is 3. The van der Waals surface area contributed by atoms with Gasteiger partial charge in [0.25, 0.3) is 5.88 Å². The SMILES string of the molecule is CCNC1=C([N+](=O)[O-])C2(C(=O)c3cccc4cccc2c34)c2c(C)nn(-c3cccc(Cl)c3)c2O1. The normalized spacial score (nSPS) is 18.2. The molecule has 6 rings (SSSR count). The highest BCUT2D eigenvalue weighted by molar-refractivity contribution is 6.30. The van der Waals surface area contributed by atoms with Crippen LogP contribution in [0.15, 0.2) is 72.2 Å². The lowest BCUT2D eigenvalue weighted by Gasteiger charge is -2.32. The lowest BCUT2D eigenvalue weighted by Crippen LogP contribution is -2.45. The average Bonchev–Trinajstić information content (AvgIpc) is 3.29. The molecule has 0 amide bonds. The van der Waals surface area contributed by atoms with E-state index in [4.69, 9.17) is 16.3 Å². The molecule has 35 heavy (non-hydrogen) atoms. The van der Waals surface area contributed by atoms with E-state index in [9.17, 15) is 14.9 Å². The molecule has 8 nitrogen and oxygen atoms in total. The number of nitro groups is 1. The molecule has 2 aliphatic rings. The predicted molar refractivity (Wildman–Crippen MR) is 131 cm³/mol. The largest absolute Gasteiger partial charge is 0.416 e. The summed E-state index contributed by atoms with van der Waals surface area (Å²) in [5, 5.41) is 22.4. The van der Waals surface area contributed by atoms with Crippen LogP contribution in [0.4, 0.5) is 0 Å². The highest BCUT2D eigenvalue weighted by atomic mass is 35.5. The zero-order valence-corrected chi connectivity index (χ0v) is 19.6. The second-order valence-corrected chi connectivity index (χ2v) is 8.95. The Hall–Kier alpha value is -4.17. The second-order valence-electron chi connectivity index (χ2n) is 8.51. The zero-order chi connectivity index (χ0) is 24.5. The number of fused-ring (bicyclic) bond motifs is 3. The summed E-state index contributed by atoms with van der Waals surface area (Å²) in [4.78, 5) is 26.5. The van der Waals surface area contributed by atoms with E-state index in [0.717, 1.165) is 5.39 Å². The molecule has 1 aromatic heterocycles. The Morgan fingerprint density at radius 1 is 1.17 bits per heavy atom. The van der Waals surface area contributed by atoms with Gasteiger partial charge in [-0.2, -0.15) is 5.10 Å². The van der Waals surface area contributed by atoms with E-state index in [-0.39, 0.29) is 23.2 Å². The number of hydrogen-bond acceptors (Lipinski definition) is 6. The van der Waals surface area contributed by atoms with Crippen molar-refractivity contribution < 1.29 is 14.5 Å². The number of benzene rings is 3. The molecular formula is C26H19ClN4O4. The molecule has 0 saturated carbocycles. The summed E-state index contributed by atoms with van der Waals surface area (Å²) < 4.78 is 7.70. The molecule has 4 aromatic rings. The molecule has 1 atom stereocenters. The molecule has 0 bridgehead atoms. The van der Waals surface area contributed by atoms with Crippen molar-refractivity contribution in [1.82, 2.24) is 15.1 Å². The Bertz CT molecular complexity index is 1620. The number of carbonyl (C=O) groups excluding carboxylic acids is 1. The first-order chi connectivity index (χ1) is 16.9. The van der Waals surface area contributed by atoms with Crippen LogP contribution in [0.5, 0.6) is 5.88 Å². The van der Waals surface area contributed by atoms with Gasteiger partial charge in [0.1, 0.15) is 0 Å². The second kappa shape index (κ2) is 7.41. The van der Waals surface area contributed by atoms with Gasteiger partial charge in [0.05, 0.1) is 21.9 Å². The number of Topliss-reactive ketones (excluding diaryl/α,β-unsaturated/α-hetero) is 1. The molecule has 3 aromatic carbocycles. The summed E-state index contributed by atoms with van der Waals surface area (Å²) in [7, 11) is 0. The van der Waals surface area contributed by atoms with Crippen LogP contribution in [0.1, 0.15) is 34.1 Å². The third-order valence-corrected chi connectivity index (χ3v) is 6.86. The van der Waals surface area contributed by atoms with E-state index in [0.29, 0.717) is 45.0 Å². The molecule has 1 unspecified atom stereocenters. The van der Waals surface area contributed by atoms with E-state index in [1.54, 1.807) is 54.1 Å². The first-order valence-electron chi connectivity index (χ1n) is 11.1. The fourth-order valence-corrected chi connectivity index (χ4v) is 5.58. The number of aryl methyl sites for hydroxylation is 1. The van der Waals surface area contributed by atoms with Gasteiger partial charge in [0.2, 0.25) is 5.88 Å². The first kappa shape index (κ1) is 21.4. The number of ether oxygens (including phenoxy) is 1. The Labute approximate surface area is 204 Å². The molecule has 0 radical (unpaired) electrons. The van der Waals surface area contributed by atoms with Gasteiger partial charge in [-0.3, -0.25) is 14.9 Å². The molecule has 9 heteroatoms. The number of nitrogens with one attached hydrogen (secondary N) is 1. The predicted octanol–water partition coefficient (Wildman–Crippen LogP) is 4.92. The lowest BCUT2D eigenvalue weighted by atomic mass is 9.70. The Balaban J connectivity index is 1.78. The third kappa shape index (κ3) is 2.68. The fourth-order valence-electron chi connectivity index (χ4n) is 5.40. The van der Waals surface area contributed by atoms with Crippen LogP contribution in [0, 0.1) is 17.0 Å². The summed E-state index contributed by atoms with van der Waals surface area (Å²) in [5.74, 6) is -0.208. The summed E-state index contributed by atoms with van der Waals surface area (Å²) in [6.45, 7) is 3.90. The van der Waals surface area contributed by atoms with Crippen LogP contribution in [0.25, 0.3) is 16.5 Å². The minimum atomic E-state index is -1.72. The number of halogens is 1. The molecule has 1 aliphatic carbocycles. The topological polar surface area (TPSA) is 99.3 Å². The fraction of sp³-hybridized carbons (Fsp3) is 0.154. The van der Waals surface area contributed by atoms with Crippen molar-refractivity contribution in [3.8, 4) is 11.6 Å². The highest BCUT2D eigenvalue weighted by Gasteiger charge is 2.64. The van der Waals surface area contributed by atoms with Gasteiger partial charge >= 0.3 is 5.70 Å². The Morgan fingerprint density at radius 3 is 2.63 bits per heavy atom. The molecule has 1 aliphatic heterocycles. The van der Waals surface area contributed by atoms with Gasteiger partial charge in [-0.25, -0.2) is 4.68 Å². The molecule has 2 heterocycles. The van der Waals surface area contributed by atoms with Crippen LogP contribution in [0.3, 0.4) is 0 Å². The third-order valence-electron chi connectivity index (χ3n) is 6.63. The minimum Gasteiger partial charge on any atom is -0.416 e. The number of ketones is 1. The number of carbonyl (C=O) groups is 1. The minimum absolute atomic E-state index is 0.0775. The molecule has 0 saturated heterocycles. The summed E-state index contributed by atoms with van der Waals surface area (Å²) in [6.07, 6.45) is 0. The van der Waals surface area contributed by atoms with Gasteiger partial charge < -0.3 is 10.1 Å². The molecule has 1 spiro atoms. The highest BCUT2D eigenvalue weighted by Crippen LogP contribution is 2.57. The van der Waals surface area contributed by atoms with E-state index < -0.39 is 10.3 Å². The molecular weight excluding hydrogens is 468 g/mol. The van der Waals surface area contributed by atoms with E-state index in [1.807, 2.05) is 25.1 Å². The van der Waals surface area contributed by atoms with Gasteiger partial charge in [-0.1, -0.05) is 54.1 Å². The van der Waals surface area contributed by atoms with Crippen LogP contribution < -0.4 is 10.1 Å². The lowest BCUT2D eigenvalue weighted by molar-refractivity contribution is -0.436. The van der Waals surface area contributed by atoms with Crippen molar-refractivity contribution in [1.29, 1.82) is 0 Å². The van der Waals surface area contributed by atoms with Crippen molar-refractivity contribution in [2.45, 2.75) is 19.3 Å². The van der Waals surface area contributed by atoms with Crippen LogP contribution in [0.2, 0.25) is 5.02 Å². The van der Waals surface area contributed by atoms with Gasteiger partial charge in [-0.15, -0.1) is 0 Å². The number of hydrogen-bond donors (Lipinski definition) is 1. The first-order valence-corrected chi connectivity index (χ1v) is 11.5. The summed E-state index contributed by atoms with van der Waals surface area (Å²) in [5.41, 5.74) is 0.353. The number of rotatable bonds is 4. The molecule has 0 fully saturated rings. The van der Waals surface area contributed by atoms with Crippen LogP contribution in [-0.2, 0) is 5.41 Å². The van der Waals surface area contributed by atoms with E-state index >= 15 is 0 Å². The van der Waals surface area contributed by atoms with Crippen LogP contribution in [-0.4, -0.2) is 27.0 Å². The monoisotopic (exact) mass is 486 g/mol. The van der Waals surface area contributed by atoms with E-state index in [2.05, 4.69) is 10.4 Å². The van der Waals surface area contributed by atoms with Crippen molar-refractivity contribution in [3.63, 3.8) is 0 Å². The quantitative estimate of drug-likeness (QED) is 0.325.